The van der Waals surface area contributed by atoms with Crippen LogP contribution in [0.25, 0.3) is 0 Å². The van der Waals surface area contributed by atoms with E-state index in [0.29, 0.717) is 12.1 Å². The number of hydrogen-bond donors (Lipinski definition) is 1. The number of ether oxygens (including phenoxy) is 1. The van der Waals surface area contributed by atoms with Gasteiger partial charge in [-0.1, -0.05) is 6.92 Å². The van der Waals surface area contributed by atoms with Crippen LogP contribution >= 0.6 is 0 Å². The van der Waals surface area contributed by atoms with Crippen LogP contribution in [-0.4, -0.2) is 73.9 Å². The second-order valence-corrected chi connectivity index (χ2v) is 6.77. The fourth-order valence-electron chi connectivity index (χ4n) is 3.98. The second-order valence-electron chi connectivity index (χ2n) is 6.77. The van der Waals surface area contributed by atoms with Crippen LogP contribution in [0.15, 0.2) is 0 Å². The van der Waals surface area contributed by atoms with Crippen LogP contribution in [0.3, 0.4) is 0 Å². The Bertz CT molecular complexity index is 291. The second kappa shape index (κ2) is 7.21. The van der Waals surface area contributed by atoms with E-state index in [9.17, 15) is 0 Å². The Hall–Kier alpha value is -0.160. The minimum atomic E-state index is 0.415. The predicted octanol–water partition coefficient (Wildman–Crippen LogP) is 1.31. The monoisotopic (exact) mass is 281 g/mol. The number of fused-ring (bicyclic) bond motifs is 1. The van der Waals surface area contributed by atoms with E-state index in [1.54, 1.807) is 0 Å². The summed E-state index contributed by atoms with van der Waals surface area (Å²) in [6, 6.07) is 1.44. The Balaban J connectivity index is 1.34. The van der Waals surface area contributed by atoms with E-state index in [0.717, 1.165) is 25.7 Å². The molecule has 2 atom stereocenters. The molecule has 1 N–H and O–H groups in total. The average Bonchev–Trinajstić information content (AvgIpc) is 2.94. The molecule has 0 aromatic carbocycles. The number of piperidine rings is 1. The van der Waals surface area contributed by atoms with Gasteiger partial charge in [0.05, 0.1) is 12.7 Å². The van der Waals surface area contributed by atoms with Crippen LogP contribution in [0.2, 0.25) is 0 Å². The van der Waals surface area contributed by atoms with Gasteiger partial charge in [-0.05, 0) is 58.3 Å². The first-order valence-electron chi connectivity index (χ1n) is 8.66. The smallest absolute Gasteiger partial charge is 0.0827 e. The van der Waals surface area contributed by atoms with Gasteiger partial charge in [-0.25, -0.2) is 0 Å². The highest BCUT2D eigenvalue weighted by atomic mass is 16.5. The molecule has 4 nitrogen and oxygen atoms in total. The summed E-state index contributed by atoms with van der Waals surface area (Å²) < 4.78 is 6.03. The molecule has 3 aliphatic rings. The maximum absolute atomic E-state index is 6.03. The summed E-state index contributed by atoms with van der Waals surface area (Å²) >= 11 is 0. The number of hydrogen-bond acceptors (Lipinski definition) is 4. The van der Waals surface area contributed by atoms with Gasteiger partial charge in [0, 0.05) is 25.2 Å². The number of likely N-dealkylation sites (tertiary alicyclic amines) is 1. The van der Waals surface area contributed by atoms with Crippen LogP contribution in [0.4, 0.5) is 0 Å². The maximum Gasteiger partial charge on any atom is 0.0827 e. The van der Waals surface area contributed by atoms with Gasteiger partial charge in [-0.3, -0.25) is 4.90 Å². The van der Waals surface area contributed by atoms with E-state index in [1.165, 1.54) is 58.3 Å². The summed E-state index contributed by atoms with van der Waals surface area (Å²) in [5.41, 5.74) is 0. The van der Waals surface area contributed by atoms with Gasteiger partial charge in [0.15, 0.2) is 0 Å². The first-order valence-corrected chi connectivity index (χ1v) is 8.66. The lowest BCUT2D eigenvalue weighted by Crippen LogP contribution is -2.51. The molecule has 0 bridgehead atoms. The van der Waals surface area contributed by atoms with Gasteiger partial charge < -0.3 is 15.0 Å². The van der Waals surface area contributed by atoms with Crippen molar-refractivity contribution in [1.29, 1.82) is 0 Å². The topological polar surface area (TPSA) is 27.7 Å². The summed E-state index contributed by atoms with van der Waals surface area (Å²) in [6.07, 6.45) is 7.02. The summed E-state index contributed by atoms with van der Waals surface area (Å²) in [6.45, 7) is 10.5. The molecular weight excluding hydrogens is 250 g/mol. The van der Waals surface area contributed by atoms with Crippen molar-refractivity contribution < 1.29 is 4.74 Å². The first kappa shape index (κ1) is 14.8. The molecule has 3 aliphatic heterocycles. The Morgan fingerprint density at radius 3 is 2.80 bits per heavy atom. The van der Waals surface area contributed by atoms with Crippen LogP contribution < -0.4 is 5.32 Å². The molecule has 0 radical (unpaired) electrons. The van der Waals surface area contributed by atoms with Gasteiger partial charge in [-0.2, -0.15) is 0 Å². The molecule has 3 rings (SSSR count). The number of nitrogens with zero attached hydrogens (tertiary/aromatic N) is 2. The average molecular weight is 281 g/mol. The zero-order valence-corrected chi connectivity index (χ0v) is 13.0. The molecular formula is C16H31N3O. The van der Waals surface area contributed by atoms with Crippen LogP contribution in [0, 0.1) is 0 Å². The largest absolute Gasteiger partial charge is 0.374 e. The van der Waals surface area contributed by atoms with Crippen molar-refractivity contribution in [3.8, 4) is 0 Å². The fourth-order valence-corrected chi connectivity index (χ4v) is 3.98. The van der Waals surface area contributed by atoms with Crippen molar-refractivity contribution >= 4 is 0 Å². The van der Waals surface area contributed by atoms with E-state index in [1.807, 2.05) is 0 Å². The third-order valence-electron chi connectivity index (χ3n) is 5.22. The minimum Gasteiger partial charge on any atom is -0.374 e. The normalized spacial score (nSPS) is 33.5. The molecule has 0 aromatic rings. The molecule has 4 heteroatoms. The SMILES string of the molecule is CCCN1CCC(NCC2CN3CCCC3CO2)CC1. The van der Waals surface area contributed by atoms with Crippen molar-refractivity contribution in [3.05, 3.63) is 0 Å². The highest BCUT2D eigenvalue weighted by Gasteiger charge is 2.32. The van der Waals surface area contributed by atoms with Crippen molar-refractivity contribution in [2.45, 2.75) is 57.2 Å². The van der Waals surface area contributed by atoms with E-state index in [4.69, 9.17) is 4.74 Å². The van der Waals surface area contributed by atoms with Crippen molar-refractivity contribution in [2.24, 2.45) is 0 Å². The van der Waals surface area contributed by atoms with E-state index >= 15 is 0 Å². The molecule has 0 amide bonds. The zero-order valence-electron chi connectivity index (χ0n) is 13.0. The molecule has 0 aliphatic carbocycles. The Morgan fingerprint density at radius 1 is 1.15 bits per heavy atom. The minimum absolute atomic E-state index is 0.415. The Morgan fingerprint density at radius 2 is 2.00 bits per heavy atom. The standard InChI is InChI=1S/C16H31N3O/c1-2-7-18-9-5-14(6-10-18)17-11-16-12-19-8-3-4-15(19)13-20-16/h14-17H,2-13H2,1H3. The van der Waals surface area contributed by atoms with Crippen molar-refractivity contribution in [2.75, 3.05) is 45.9 Å². The molecule has 0 saturated carbocycles. The third-order valence-corrected chi connectivity index (χ3v) is 5.22. The summed E-state index contributed by atoms with van der Waals surface area (Å²) in [5.74, 6) is 0. The van der Waals surface area contributed by atoms with Crippen LogP contribution in [0.5, 0.6) is 0 Å². The molecule has 0 aromatic heterocycles. The molecule has 0 spiro atoms. The first-order chi connectivity index (χ1) is 9.85. The van der Waals surface area contributed by atoms with Gasteiger partial charge in [0.2, 0.25) is 0 Å². The Labute approximate surface area is 123 Å². The summed E-state index contributed by atoms with van der Waals surface area (Å²) in [7, 11) is 0. The summed E-state index contributed by atoms with van der Waals surface area (Å²) in [4.78, 5) is 5.24. The molecule has 3 fully saturated rings. The molecule has 20 heavy (non-hydrogen) atoms. The quantitative estimate of drug-likeness (QED) is 0.822. The highest BCUT2D eigenvalue weighted by Crippen LogP contribution is 2.22. The van der Waals surface area contributed by atoms with E-state index in [2.05, 4.69) is 22.0 Å². The van der Waals surface area contributed by atoms with E-state index in [-0.39, 0.29) is 0 Å². The molecule has 3 saturated heterocycles. The van der Waals surface area contributed by atoms with Crippen molar-refractivity contribution in [3.63, 3.8) is 0 Å². The van der Waals surface area contributed by atoms with Gasteiger partial charge in [0.25, 0.3) is 0 Å². The molecule has 116 valence electrons. The molecule has 3 heterocycles. The number of nitrogens with one attached hydrogen (secondary N) is 1. The zero-order chi connectivity index (χ0) is 13.8. The van der Waals surface area contributed by atoms with Crippen LogP contribution in [0.1, 0.15) is 39.0 Å². The molecule has 2 unspecified atom stereocenters. The third kappa shape index (κ3) is 3.73. The summed E-state index contributed by atoms with van der Waals surface area (Å²) in [5, 5.41) is 3.76. The van der Waals surface area contributed by atoms with Gasteiger partial charge >= 0.3 is 0 Å². The van der Waals surface area contributed by atoms with Crippen molar-refractivity contribution in [1.82, 2.24) is 15.1 Å². The number of rotatable bonds is 5. The van der Waals surface area contributed by atoms with Gasteiger partial charge in [0.1, 0.15) is 0 Å². The number of morpholine rings is 1. The highest BCUT2D eigenvalue weighted by molar-refractivity contribution is 4.87. The fraction of sp³-hybridized carbons (Fsp3) is 1.00. The maximum atomic E-state index is 6.03. The lowest BCUT2D eigenvalue weighted by molar-refractivity contribution is -0.0484. The lowest BCUT2D eigenvalue weighted by Gasteiger charge is -2.37. The lowest BCUT2D eigenvalue weighted by atomic mass is 10.0. The predicted molar refractivity (Wildman–Crippen MR) is 82.1 cm³/mol. The van der Waals surface area contributed by atoms with Gasteiger partial charge in [-0.15, -0.1) is 0 Å². The van der Waals surface area contributed by atoms with E-state index < -0.39 is 0 Å². The van der Waals surface area contributed by atoms with Crippen LogP contribution in [-0.2, 0) is 4.74 Å². The Kier molecular flexibility index (Phi) is 5.32.